The van der Waals surface area contributed by atoms with Crippen molar-refractivity contribution >= 4 is 41.1 Å². The first-order valence-corrected chi connectivity index (χ1v) is 6.64. The second-order valence-electron chi connectivity index (χ2n) is 4.05. The van der Waals surface area contributed by atoms with Crippen LogP contribution in [0.2, 0.25) is 10.0 Å². The molecule has 0 atom stereocenters. The first kappa shape index (κ1) is 15.2. The van der Waals surface area contributed by atoms with Gasteiger partial charge >= 0.3 is 6.03 Å². The highest BCUT2D eigenvalue weighted by Crippen LogP contribution is 2.22. The van der Waals surface area contributed by atoms with Gasteiger partial charge in [-0.25, -0.2) is 10.2 Å². The molecule has 2 rings (SSSR count). The van der Waals surface area contributed by atoms with Crippen molar-refractivity contribution in [1.82, 2.24) is 5.43 Å². The zero-order chi connectivity index (χ0) is 15.2. The smallest absolute Gasteiger partial charge is 0.339 e. The van der Waals surface area contributed by atoms with Gasteiger partial charge < -0.3 is 10.4 Å². The first-order valence-electron chi connectivity index (χ1n) is 5.89. The van der Waals surface area contributed by atoms with Crippen LogP contribution in [0.3, 0.4) is 0 Å². The van der Waals surface area contributed by atoms with Crippen molar-refractivity contribution < 1.29 is 9.90 Å². The predicted molar refractivity (Wildman–Crippen MR) is 84.3 cm³/mol. The third-order valence-electron chi connectivity index (χ3n) is 2.43. The number of halogens is 2. The summed E-state index contributed by atoms with van der Waals surface area (Å²) in [5, 5.41) is 16.4. The number of urea groups is 1. The van der Waals surface area contributed by atoms with E-state index in [0.29, 0.717) is 16.3 Å². The molecular formula is C14H11Cl2N3O2. The van der Waals surface area contributed by atoms with Crippen LogP contribution in [0.4, 0.5) is 10.5 Å². The van der Waals surface area contributed by atoms with Crippen molar-refractivity contribution in [2.24, 2.45) is 5.10 Å². The van der Waals surface area contributed by atoms with Crippen LogP contribution < -0.4 is 10.7 Å². The van der Waals surface area contributed by atoms with Gasteiger partial charge in [-0.2, -0.15) is 5.10 Å². The summed E-state index contributed by atoms with van der Waals surface area (Å²) in [4.78, 5) is 11.6. The molecule has 0 fully saturated rings. The number of anilines is 1. The second kappa shape index (κ2) is 6.97. The maximum Gasteiger partial charge on any atom is 0.339 e. The molecule has 2 aromatic rings. The number of amides is 2. The number of rotatable bonds is 3. The molecule has 21 heavy (non-hydrogen) atoms. The Morgan fingerprint density at radius 2 is 2.00 bits per heavy atom. The van der Waals surface area contributed by atoms with Gasteiger partial charge in [-0.1, -0.05) is 29.3 Å². The Morgan fingerprint density at radius 3 is 2.71 bits per heavy atom. The third kappa shape index (κ3) is 4.66. The number of phenols is 1. The number of hydrogen-bond donors (Lipinski definition) is 3. The molecule has 0 aliphatic carbocycles. The first-order chi connectivity index (χ1) is 10.0. The van der Waals surface area contributed by atoms with Gasteiger partial charge in [-0.15, -0.1) is 0 Å². The largest absolute Gasteiger partial charge is 0.506 e. The van der Waals surface area contributed by atoms with Gasteiger partial charge in [-0.3, -0.25) is 0 Å². The molecule has 0 spiro atoms. The van der Waals surface area contributed by atoms with E-state index in [0.717, 1.165) is 0 Å². The summed E-state index contributed by atoms with van der Waals surface area (Å²) >= 11 is 11.6. The quantitative estimate of drug-likeness (QED) is 0.592. The summed E-state index contributed by atoms with van der Waals surface area (Å²) in [6.45, 7) is 0. The van der Waals surface area contributed by atoms with Gasteiger partial charge in [0, 0.05) is 10.7 Å². The molecule has 7 heteroatoms. The van der Waals surface area contributed by atoms with Gasteiger partial charge in [0.15, 0.2) is 0 Å². The van der Waals surface area contributed by atoms with Crippen LogP contribution in [0.25, 0.3) is 0 Å². The normalized spacial score (nSPS) is 10.6. The molecule has 0 aliphatic rings. The Labute approximate surface area is 131 Å². The van der Waals surface area contributed by atoms with Crippen molar-refractivity contribution in [2.75, 3.05) is 5.32 Å². The molecule has 0 aromatic heterocycles. The van der Waals surface area contributed by atoms with Gasteiger partial charge in [0.2, 0.25) is 0 Å². The van der Waals surface area contributed by atoms with Crippen LogP contribution in [0.1, 0.15) is 5.56 Å². The molecule has 108 valence electrons. The minimum Gasteiger partial charge on any atom is -0.506 e. The number of carbonyl (C=O) groups is 1. The minimum absolute atomic E-state index is 0.0134. The van der Waals surface area contributed by atoms with Gasteiger partial charge in [0.25, 0.3) is 0 Å². The van der Waals surface area contributed by atoms with Crippen LogP contribution >= 0.6 is 23.2 Å². The lowest BCUT2D eigenvalue weighted by Crippen LogP contribution is -2.24. The summed E-state index contributed by atoms with van der Waals surface area (Å²) < 4.78 is 0. The van der Waals surface area contributed by atoms with Crippen LogP contribution in [-0.2, 0) is 0 Å². The molecule has 2 amide bonds. The topological polar surface area (TPSA) is 73.7 Å². The van der Waals surface area contributed by atoms with Crippen LogP contribution in [0, 0.1) is 0 Å². The van der Waals surface area contributed by atoms with Crippen molar-refractivity contribution in [3.8, 4) is 5.75 Å². The minimum atomic E-state index is -0.501. The Morgan fingerprint density at radius 1 is 1.19 bits per heavy atom. The molecule has 2 aromatic carbocycles. The second-order valence-corrected chi connectivity index (χ2v) is 4.89. The number of hydrogen-bond acceptors (Lipinski definition) is 3. The average Bonchev–Trinajstić information content (AvgIpc) is 2.43. The molecule has 0 heterocycles. The van der Waals surface area contributed by atoms with E-state index in [1.165, 1.54) is 18.3 Å². The molecule has 0 saturated carbocycles. The van der Waals surface area contributed by atoms with Crippen LogP contribution in [0.5, 0.6) is 5.75 Å². The Bertz CT molecular complexity index is 690. The third-order valence-corrected chi connectivity index (χ3v) is 2.97. The molecule has 0 unspecified atom stereocenters. The average molecular weight is 324 g/mol. The molecule has 0 saturated heterocycles. The van der Waals surface area contributed by atoms with Gasteiger partial charge in [0.05, 0.1) is 11.2 Å². The van der Waals surface area contributed by atoms with E-state index in [4.69, 9.17) is 23.2 Å². The summed E-state index contributed by atoms with van der Waals surface area (Å²) in [7, 11) is 0. The molecule has 3 N–H and O–H groups in total. The van der Waals surface area contributed by atoms with E-state index in [1.807, 2.05) is 0 Å². The zero-order valence-corrected chi connectivity index (χ0v) is 12.2. The number of phenolic OH excluding ortho intramolecular Hbond substituents is 1. The van der Waals surface area contributed by atoms with Crippen molar-refractivity contribution in [1.29, 1.82) is 0 Å². The summed E-state index contributed by atoms with van der Waals surface area (Å²) in [5.41, 5.74) is 3.50. The number of benzene rings is 2. The Hall–Kier alpha value is -2.24. The van der Waals surface area contributed by atoms with Gasteiger partial charge in [0.1, 0.15) is 5.75 Å². The van der Waals surface area contributed by atoms with Crippen molar-refractivity contribution in [3.05, 3.63) is 58.1 Å². The molecular weight excluding hydrogens is 313 g/mol. The fraction of sp³-hybridized carbons (Fsp3) is 0. The van der Waals surface area contributed by atoms with Gasteiger partial charge in [-0.05, 0) is 42.0 Å². The highest BCUT2D eigenvalue weighted by atomic mass is 35.5. The Kier molecular flexibility index (Phi) is 5.03. The lowest BCUT2D eigenvalue weighted by molar-refractivity contribution is 0.252. The lowest BCUT2D eigenvalue weighted by atomic mass is 10.2. The standard InChI is InChI=1S/C14H11Cl2N3O2/c15-10-2-1-3-11(7-10)18-14(21)19-17-8-9-4-5-13(20)12(16)6-9/h1-8,20H,(H2,18,19,21)/b17-8-. The number of carbonyl (C=O) groups excluding carboxylic acids is 1. The molecule has 0 aliphatic heterocycles. The number of nitrogens with zero attached hydrogens (tertiary/aromatic N) is 1. The van der Waals surface area contributed by atoms with Crippen molar-refractivity contribution in [2.45, 2.75) is 0 Å². The highest BCUT2D eigenvalue weighted by Gasteiger charge is 2.01. The van der Waals surface area contributed by atoms with E-state index < -0.39 is 6.03 Å². The predicted octanol–water partition coefficient (Wildman–Crippen LogP) is 3.85. The highest BCUT2D eigenvalue weighted by molar-refractivity contribution is 6.32. The van der Waals surface area contributed by atoms with E-state index in [9.17, 15) is 9.90 Å². The van der Waals surface area contributed by atoms with Crippen LogP contribution in [0.15, 0.2) is 47.6 Å². The number of nitrogens with one attached hydrogen (secondary N) is 2. The number of hydrazone groups is 1. The Balaban J connectivity index is 1.91. The van der Waals surface area contributed by atoms with Crippen molar-refractivity contribution in [3.63, 3.8) is 0 Å². The molecule has 0 bridgehead atoms. The summed E-state index contributed by atoms with van der Waals surface area (Å²) in [5.74, 6) is -0.0134. The van der Waals surface area contributed by atoms with E-state index in [-0.39, 0.29) is 10.8 Å². The summed E-state index contributed by atoms with van der Waals surface area (Å²) in [6.07, 6.45) is 1.41. The number of aromatic hydroxyl groups is 1. The maximum absolute atomic E-state index is 11.6. The fourth-order valence-corrected chi connectivity index (χ4v) is 1.87. The summed E-state index contributed by atoms with van der Waals surface area (Å²) in [6, 6.07) is 10.8. The molecule has 0 radical (unpaired) electrons. The molecule has 5 nitrogen and oxygen atoms in total. The van der Waals surface area contributed by atoms with Crippen LogP contribution in [-0.4, -0.2) is 17.4 Å². The van der Waals surface area contributed by atoms with E-state index in [1.54, 1.807) is 30.3 Å². The SMILES string of the molecule is O=C(N/N=C\c1ccc(O)c(Cl)c1)Nc1cccc(Cl)c1. The zero-order valence-electron chi connectivity index (χ0n) is 10.7. The monoisotopic (exact) mass is 323 g/mol. The maximum atomic E-state index is 11.6. The van der Waals surface area contributed by atoms with E-state index in [2.05, 4.69) is 15.8 Å². The lowest BCUT2D eigenvalue weighted by Gasteiger charge is -2.04. The fourth-order valence-electron chi connectivity index (χ4n) is 1.49. The van der Waals surface area contributed by atoms with E-state index >= 15 is 0 Å².